The van der Waals surface area contributed by atoms with E-state index in [1.807, 2.05) is 0 Å². The Labute approximate surface area is 80.5 Å². The van der Waals surface area contributed by atoms with Crippen molar-refractivity contribution in [2.45, 2.75) is 32.7 Å². The van der Waals surface area contributed by atoms with E-state index in [2.05, 4.69) is 24.8 Å². The van der Waals surface area contributed by atoms with Crippen LogP contribution in [-0.2, 0) is 0 Å². The highest BCUT2D eigenvalue weighted by Gasteiger charge is 2.26. The van der Waals surface area contributed by atoms with E-state index < -0.39 is 0 Å². The average Bonchev–Trinajstić information content (AvgIpc) is 2.02. The molecular weight excluding hydrogens is 162 g/mol. The Morgan fingerprint density at radius 3 is 2.85 bits per heavy atom. The van der Waals surface area contributed by atoms with Crippen LogP contribution in [0.5, 0.6) is 0 Å². The van der Waals surface area contributed by atoms with Crippen LogP contribution in [0.1, 0.15) is 26.7 Å². The van der Waals surface area contributed by atoms with Gasteiger partial charge in [-0.2, -0.15) is 5.26 Å². The summed E-state index contributed by atoms with van der Waals surface area (Å²) < 4.78 is 0. The molecule has 0 aromatic carbocycles. The van der Waals surface area contributed by atoms with Crippen LogP contribution in [0.2, 0.25) is 0 Å². The van der Waals surface area contributed by atoms with Crippen molar-refractivity contribution in [2.24, 2.45) is 11.1 Å². The van der Waals surface area contributed by atoms with E-state index in [9.17, 15) is 0 Å². The van der Waals surface area contributed by atoms with E-state index in [0.29, 0.717) is 5.41 Å². The summed E-state index contributed by atoms with van der Waals surface area (Å²) in [5, 5.41) is 8.59. The highest BCUT2D eigenvalue weighted by Crippen LogP contribution is 2.28. The fourth-order valence-electron chi connectivity index (χ4n) is 2.02. The molecule has 2 N–H and O–H groups in total. The van der Waals surface area contributed by atoms with Gasteiger partial charge in [-0.3, -0.25) is 0 Å². The van der Waals surface area contributed by atoms with Gasteiger partial charge in [0, 0.05) is 13.1 Å². The van der Waals surface area contributed by atoms with Crippen molar-refractivity contribution in [1.29, 1.82) is 5.26 Å². The van der Waals surface area contributed by atoms with Gasteiger partial charge in [0.05, 0.1) is 6.07 Å². The summed E-state index contributed by atoms with van der Waals surface area (Å²) in [4.78, 5) is 2.30. The smallest absolute Gasteiger partial charge is 0.106 e. The summed E-state index contributed by atoms with van der Waals surface area (Å²) >= 11 is 0. The minimum absolute atomic E-state index is 0.325. The molecule has 1 heterocycles. The number of likely N-dealkylation sites (tertiary alicyclic amines) is 1. The first kappa shape index (κ1) is 10.5. The molecule has 74 valence electrons. The van der Waals surface area contributed by atoms with Gasteiger partial charge in [-0.05, 0) is 24.8 Å². The van der Waals surface area contributed by atoms with Gasteiger partial charge in [0.15, 0.2) is 0 Å². The predicted molar refractivity (Wildman–Crippen MR) is 53.0 cm³/mol. The molecule has 1 saturated heterocycles. The zero-order chi connectivity index (χ0) is 9.90. The number of hydrogen-bond acceptors (Lipinski definition) is 3. The first-order valence-corrected chi connectivity index (χ1v) is 4.91. The fraction of sp³-hybridized carbons (Fsp3) is 0.900. The van der Waals surface area contributed by atoms with Crippen molar-refractivity contribution in [3.63, 3.8) is 0 Å². The van der Waals surface area contributed by atoms with Gasteiger partial charge in [0.25, 0.3) is 0 Å². The van der Waals surface area contributed by atoms with Gasteiger partial charge in [0.1, 0.15) is 6.04 Å². The van der Waals surface area contributed by atoms with E-state index >= 15 is 0 Å². The molecule has 3 heteroatoms. The third-order valence-electron chi connectivity index (χ3n) is 2.60. The van der Waals surface area contributed by atoms with Gasteiger partial charge in [-0.15, -0.1) is 0 Å². The van der Waals surface area contributed by atoms with E-state index in [1.54, 1.807) is 0 Å². The second-order valence-corrected chi connectivity index (χ2v) is 4.74. The van der Waals surface area contributed by atoms with Crippen LogP contribution < -0.4 is 5.73 Å². The van der Waals surface area contributed by atoms with Crippen LogP contribution in [0.25, 0.3) is 0 Å². The molecule has 0 bridgehead atoms. The maximum atomic E-state index is 8.59. The van der Waals surface area contributed by atoms with Crippen LogP contribution in [0.4, 0.5) is 0 Å². The van der Waals surface area contributed by atoms with Gasteiger partial charge < -0.3 is 10.6 Å². The lowest BCUT2D eigenvalue weighted by Crippen LogP contribution is -2.45. The van der Waals surface area contributed by atoms with Crippen LogP contribution in [0, 0.1) is 16.7 Å². The first-order valence-electron chi connectivity index (χ1n) is 4.91. The van der Waals surface area contributed by atoms with Gasteiger partial charge >= 0.3 is 0 Å². The molecule has 0 aromatic heterocycles. The molecule has 0 saturated carbocycles. The van der Waals surface area contributed by atoms with Crippen LogP contribution in [-0.4, -0.2) is 30.6 Å². The van der Waals surface area contributed by atoms with E-state index in [-0.39, 0.29) is 6.04 Å². The molecule has 0 amide bonds. The monoisotopic (exact) mass is 181 g/mol. The van der Waals surface area contributed by atoms with Crippen molar-refractivity contribution in [1.82, 2.24) is 4.90 Å². The topological polar surface area (TPSA) is 53.0 Å². The van der Waals surface area contributed by atoms with Crippen molar-refractivity contribution in [3.8, 4) is 6.07 Å². The normalized spacial score (nSPS) is 25.1. The van der Waals surface area contributed by atoms with Crippen molar-refractivity contribution in [2.75, 3.05) is 19.6 Å². The summed E-state index contributed by atoms with van der Waals surface area (Å²) in [7, 11) is 0. The first-order chi connectivity index (χ1) is 6.03. The summed E-state index contributed by atoms with van der Waals surface area (Å²) in [6.45, 7) is 7.44. The zero-order valence-electron chi connectivity index (χ0n) is 8.58. The van der Waals surface area contributed by atoms with Gasteiger partial charge in [-0.25, -0.2) is 0 Å². The van der Waals surface area contributed by atoms with Crippen LogP contribution >= 0.6 is 0 Å². The lowest BCUT2D eigenvalue weighted by molar-refractivity contribution is 0.116. The lowest BCUT2D eigenvalue weighted by Gasteiger charge is -2.38. The van der Waals surface area contributed by atoms with E-state index in [0.717, 1.165) is 19.6 Å². The summed E-state index contributed by atoms with van der Waals surface area (Å²) in [6.07, 6.45) is 2.51. The maximum absolute atomic E-state index is 8.59. The number of rotatable bonds is 2. The van der Waals surface area contributed by atoms with Crippen LogP contribution in [0.15, 0.2) is 0 Å². The largest absolute Gasteiger partial charge is 0.315 e. The number of piperidine rings is 1. The van der Waals surface area contributed by atoms with Crippen molar-refractivity contribution < 1.29 is 0 Å². The molecule has 1 fully saturated rings. The average molecular weight is 181 g/mol. The Hall–Kier alpha value is -0.590. The summed E-state index contributed by atoms with van der Waals surface area (Å²) in [6, 6.07) is 1.75. The molecule has 13 heavy (non-hydrogen) atoms. The van der Waals surface area contributed by atoms with Gasteiger partial charge in [-0.1, -0.05) is 13.8 Å². The number of nitrogens with two attached hydrogens (primary N) is 1. The molecule has 0 aromatic rings. The zero-order valence-corrected chi connectivity index (χ0v) is 8.58. The molecule has 0 aliphatic carbocycles. The minimum Gasteiger partial charge on any atom is -0.315 e. The highest BCUT2D eigenvalue weighted by molar-refractivity contribution is 4.91. The number of nitriles is 1. The Kier molecular flexibility index (Phi) is 3.29. The maximum Gasteiger partial charge on any atom is 0.106 e. The van der Waals surface area contributed by atoms with Crippen molar-refractivity contribution >= 4 is 0 Å². The second kappa shape index (κ2) is 4.08. The standard InChI is InChI=1S/C10H19N3/c1-10(2)4-3-5-13(8-10)7-9(12)6-11/h9H,3-5,7-8,12H2,1-2H3. The molecule has 3 nitrogen and oxygen atoms in total. The quantitative estimate of drug-likeness (QED) is 0.690. The number of hydrogen-bond donors (Lipinski definition) is 1. The van der Waals surface area contributed by atoms with Crippen molar-refractivity contribution in [3.05, 3.63) is 0 Å². The molecule has 1 unspecified atom stereocenters. The van der Waals surface area contributed by atoms with Gasteiger partial charge in [0.2, 0.25) is 0 Å². The highest BCUT2D eigenvalue weighted by atomic mass is 15.1. The molecule has 0 spiro atoms. The molecule has 1 rings (SSSR count). The Balaban J connectivity index is 2.40. The molecule has 1 aliphatic rings. The Bertz CT molecular complexity index is 205. The molecule has 1 atom stereocenters. The lowest BCUT2D eigenvalue weighted by atomic mass is 9.84. The molecule has 1 aliphatic heterocycles. The summed E-state index contributed by atoms with van der Waals surface area (Å²) in [5.74, 6) is 0. The molecule has 0 radical (unpaired) electrons. The summed E-state index contributed by atoms with van der Waals surface area (Å²) in [5.41, 5.74) is 5.99. The third kappa shape index (κ3) is 3.33. The Morgan fingerprint density at radius 1 is 1.62 bits per heavy atom. The molecular formula is C10H19N3. The Morgan fingerprint density at radius 2 is 2.31 bits per heavy atom. The fourth-order valence-corrected chi connectivity index (χ4v) is 2.02. The van der Waals surface area contributed by atoms with E-state index in [1.165, 1.54) is 12.8 Å². The number of nitrogens with zero attached hydrogens (tertiary/aromatic N) is 2. The third-order valence-corrected chi connectivity index (χ3v) is 2.60. The van der Waals surface area contributed by atoms with E-state index in [4.69, 9.17) is 11.0 Å². The van der Waals surface area contributed by atoms with Crippen LogP contribution in [0.3, 0.4) is 0 Å². The second-order valence-electron chi connectivity index (χ2n) is 4.74. The predicted octanol–water partition coefficient (Wildman–Crippen LogP) is 0.959. The SMILES string of the molecule is CC1(C)CCCN(CC(N)C#N)C1. The minimum atomic E-state index is -0.325.